The van der Waals surface area contributed by atoms with E-state index in [1.54, 1.807) is 6.08 Å². The van der Waals surface area contributed by atoms with Gasteiger partial charge in [-0.05, 0) is 36.8 Å². The van der Waals surface area contributed by atoms with Crippen LogP contribution in [0.15, 0.2) is 47.6 Å². The van der Waals surface area contributed by atoms with Crippen LogP contribution >= 0.6 is 0 Å². The Morgan fingerprint density at radius 3 is 2.56 bits per heavy atom. The Kier molecular flexibility index (Phi) is 4.71. The van der Waals surface area contributed by atoms with Gasteiger partial charge in [0.1, 0.15) is 6.10 Å². The van der Waals surface area contributed by atoms with Crippen molar-refractivity contribution in [1.82, 2.24) is 0 Å². The third kappa shape index (κ3) is 3.21. The van der Waals surface area contributed by atoms with E-state index in [1.165, 1.54) is 0 Å². The second kappa shape index (κ2) is 5.68. The lowest BCUT2D eigenvalue weighted by Crippen LogP contribution is -2.38. The Morgan fingerprint density at radius 2 is 2.00 bits per heavy atom. The van der Waals surface area contributed by atoms with Crippen LogP contribution in [0, 0.1) is 5.41 Å². The average Bonchev–Trinajstić information content (AvgIpc) is 2.25. The van der Waals surface area contributed by atoms with Crippen molar-refractivity contribution in [1.29, 1.82) is 0 Å². The molecular weight excluding hydrogens is 224 g/mol. The van der Waals surface area contributed by atoms with Gasteiger partial charge in [0.25, 0.3) is 0 Å². The topological polar surface area (TPSA) is 40.5 Å². The molecule has 0 amide bonds. The van der Waals surface area contributed by atoms with Crippen molar-refractivity contribution >= 4 is 0 Å². The van der Waals surface area contributed by atoms with E-state index in [-0.39, 0.29) is 5.41 Å². The van der Waals surface area contributed by atoms with E-state index in [0.29, 0.717) is 6.42 Å². The molecule has 2 heteroatoms. The van der Waals surface area contributed by atoms with E-state index in [4.69, 9.17) is 0 Å². The minimum Gasteiger partial charge on any atom is -0.390 e. The number of allylic oxidation sites excluding steroid dienone is 6. The third-order valence-corrected chi connectivity index (χ3v) is 3.58. The van der Waals surface area contributed by atoms with Gasteiger partial charge in [-0.2, -0.15) is 0 Å². The van der Waals surface area contributed by atoms with Crippen LogP contribution in [-0.2, 0) is 0 Å². The van der Waals surface area contributed by atoms with Gasteiger partial charge in [0.15, 0.2) is 0 Å². The first kappa shape index (κ1) is 14.9. The standard InChI is InChI=1S/C16H24O2/c1-6-7-11(2)8-9-13-12(3)15(18)14(17)10-16(13,4)5/h6-9,14-15,17-18H,1,10H2,2-5H3/b9-8+,11-7+. The molecule has 0 spiro atoms. The van der Waals surface area contributed by atoms with Gasteiger partial charge in [0.2, 0.25) is 0 Å². The second-order valence-corrected chi connectivity index (χ2v) is 5.68. The molecule has 0 radical (unpaired) electrons. The molecule has 0 heterocycles. The molecule has 2 N–H and O–H groups in total. The highest BCUT2D eigenvalue weighted by Gasteiger charge is 2.36. The number of hydrogen-bond acceptors (Lipinski definition) is 2. The maximum Gasteiger partial charge on any atom is 0.101 e. The summed E-state index contributed by atoms with van der Waals surface area (Å²) < 4.78 is 0. The van der Waals surface area contributed by atoms with Crippen molar-refractivity contribution in [3.8, 4) is 0 Å². The maximum atomic E-state index is 9.94. The monoisotopic (exact) mass is 248 g/mol. The predicted octanol–water partition coefficient (Wildman–Crippen LogP) is 3.14. The molecule has 100 valence electrons. The van der Waals surface area contributed by atoms with Crippen LogP contribution in [0.2, 0.25) is 0 Å². The first-order chi connectivity index (χ1) is 8.29. The lowest BCUT2D eigenvalue weighted by atomic mass is 9.70. The van der Waals surface area contributed by atoms with E-state index >= 15 is 0 Å². The van der Waals surface area contributed by atoms with Crippen LogP contribution in [0.5, 0.6) is 0 Å². The maximum absolute atomic E-state index is 9.94. The van der Waals surface area contributed by atoms with Gasteiger partial charge in [-0.1, -0.05) is 50.3 Å². The van der Waals surface area contributed by atoms with Crippen LogP contribution in [0.3, 0.4) is 0 Å². The normalized spacial score (nSPS) is 28.9. The van der Waals surface area contributed by atoms with Gasteiger partial charge in [-0.25, -0.2) is 0 Å². The summed E-state index contributed by atoms with van der Waals surface area (Å²) in [6.45, 7) is 11.8. The number of aliphatic hydroxyl groups excluding tert-OH is 2. The molecule has 0 aromatic rings. The molecule has 0 aromatic heterocycles. The Labute approximate surface area is 110 Å². The Hall–Kier alpha value is -1.12. The molecule has 1 aliphatic rings. The summed E-state index contributed by atoms with van der Waals surface area (Å²) in [7, 11) is 0. The van der Waals surface area contributed by atoms with Crippen LogP contribution in [0.4, 0.5) is 0 Å². The summed E-state index contributed by atoms with van der Waals surface area (Å²) in [4.78, 5) is 0. The van der Waals surface area contributed by atoms with E-state index in [9.17, 15) is 10.2 Å². The Morgan fingerprint density at radius 1 is 1.39 bits per heavy atom. The summed E-state index contributed by atoms with van der Waals surface area (Å²) in [6.07, 6.45) is 6.92. The first-order valence-electron chi connectivity index (χ1n) is 6.34. The van der Waals surface area contributed by atoms with Crippen molar-refractivity contribution in [2.45, 2.75) is 46.3 Å². The van der Waals surface area contributed by atoms with Crippen LogP contribution in [-0.4, -0.2) is 22.4 Å². The minimum absolute atomic E-state index is 0.117. The molecule has 2 atom stereocenters. The predicted molar refractivity (Wildman–Crippen MR) is 76.2 cm³/mol. The highest BCUT2D eigenvalue weighted by atomic mass is 16.3. The summed E-state index contributed by atoms with van der Waals surface area (Å²) in [5, 5.41) is 19.8. The molecule has 2 nitrogen and oxygen atoms in total. The van der Waals surface area contributed by atoms with Gasteiger partial charge in [0, 0.05) is 0 Å². The fraction of sp³-hybridized carbons (Fsp3) is 0.500. The van der Waals surface area contributed by atoms with Gasteiger partial charge < -0.3 is 10.2 Å². The van der Waals surface area contributed by atoms with Crippen molar-refractivity contribution in [2.75, 3.05) is 0 Å². The number of hydrogen-bond donors (Lipinski definition) is 2. The van der Waals surface area contributed by atoms with E-state index < -0.39 is 12.2 Å². The van der Waals surface area contributed by atoms with Gasteiger partial charge >= 0.3 is 0 Å². The van der Waals surface area contributed by atoms with E-state index in [1.807, 2.05) is 32.1 Å². The van der Waals surface area contributed by atoms with Crippen molar-refractivity contribution < 1.29 is 10.2 Å². The fourth-order valence-corrected chi connectivity index (χ4v) is 2.54. The molecule has 0 bridgehead atoms. The molecular formula is C16H24O2. The van der Waals surface area contributed by atoms with Crippen molar-refractivity contribution in [3.05, 3.63) is 47.6 Å². The SMILES string of the molecule is C=C/C=C(C)/C=C/C1=C(C)C(O)C(O)CC1(C)C. The zero-order valence-corrected chi connectivity index (χ0v) is 11.8. The number of rotatable bonds is 3. The summed E-state index contributed by atoms with van der Waals surface area (Å²) in [5.74, 6) is 0. The highest BCUT2D eigenvalue weighted by Crippen LogP contribution is 2.41. The van der Waals surface area contributed by atoms with Crippen LogP contribution < -0.4 is 0 Å². The van der Waals surface area contributed by atoms with E-state index in [0.717, 1.165) is 16.7 Å². The number of aliphatic hydroxyl groups is 2. The van der Waals surface area contributed by atoms with Gasteiger partial charge in [-0.3, -0.25) is 0 Å². The molecule has 1 aliphatic carbocycles. The largest absolute Gasteiger partial charge is 0.390 e. The highest BCUT2D eigenvalue weighted by molar-refractivity contribution is 5.38. The Bertz CT molecular complexity index is 411. The molecule has 0 saturated heterocycles. The molecule has 0 aromatic carbocycles. The lowest BCUT2D eigenvalue weighted by Gasteiger charge is -2.38. The zero-order chi connectivity index (χ0) is 13.9. The van der Waals surface area contributed by atoms with Crippen LogP contribution in [0.1, 0.15) is 34.1 Å². The molecule has 0 aliphatic heterocycles. The zero-order valence-electron chi connectivity index (χ0n) is 11.8. The smallest absolute Gasteiger partial charge is 0.101 e. The fourth-order valence-electron chi connectivity index (χ4n) is 2.54. The van der Waals surface area contributed by atoms with Crippen LogP contribution in [0.25, 0.3) is 0 Å². The summed E-state index contributed by atoms with van der Waals surface area (Å²) in [5.41, 5.74) is 2.97. The van der Waals surface area contributed by atoms with E-state index in [2.05, 4.69) is 20.4 Å². The average molecular weight is 248 g/mol. The molecule has 0 saturated carbocycles. The first-order valence-corrected chi connectivity index (χ1v) is 6.34. The van der Waals surface area contributed by atoms with Crippen molar-refractivity contribution in [3.63, 3.8) is 0 Å². The summed E-state index contributed by atoms with van der Waals surface area (Å²) in [6, 6.07) is 0. The van der Waals surface area contributed by atoms with Gasteiger partial charge in [-0.15, -0.1) is 0 Å². The minimum atomic E-state index is -0.749. The molecule has 1 rings (SSSR count). The molecule has 2 unspecified atom stereocenters. The summed E-state index contributed by atoms with van der Waals surface area (Å²) >= 11 is 0. The van der Waals surface area contributed by atoms with Crippen molar-refractivity contribution in [2.24, 2.45) is 5.41 Å². The second-order valence-electron chi connectivity index (χ2n) is 5.68. The Balaban J connectivity index is 3.10. The quantitative estimate of drug-likeness (QED) is 0.753. The van der Waals surface area contributed by atoms with Gasteiger partial charge in [0.05, 0.1) is 6.10 Å². The third-order valence-electron chi connectivity index (χ3n) is 3.58. The molecule has 18 heavy (non-hydrogen) atoms. The lowest BCUT2D eigenvalue weighted by molar-refractivity contribution is 0.00686. The molecule has 0 fully saturated rings.